The molecule has 0 amide bonds. The lowest BCUT2D eigenvalue weighted by atomic mass is 10.3. The van der Waals surface area contributed by atoms with Crippen molar-refractivity contribution in [3.8, 4) is 0 Å². The Bertz CT molecular complexity index is 570. The maximum absolute atomic E-state index is 13.5. The fourth-order valence-electron chi connectivity index (χ4n) is 1.19. The van der Waals surface area contributed by atoms with Crippen molar-refractivity contribution in [1.29, 1.82) is 0 Å². The molecule has 0 aliphatic rings. The Hall–Kier alpha value is -0.800. The number of hydrogen-bond donors (Lipinski definition) is 1. The summed E-state index contributed by atoms with van der Waals surface area (Å²) in [7, 11) is -5.40. The van der Waals surface area contributed by atoms with Gasteiger partial charge in [0.2, 0.25) is 0 Å². The van der Waals surface area contributed by atoms with E-state index in [-0.39, 0.29) is 11.7 Å². The first-order valence-electron chi connectivity index (χ1n) is 5.03. The molecule has 9 heteroatoms. The van der Waals surface area contributed by atoms with Crippen molar-refractivity contribution in [1.82, 2.24) is 0 Å². The molecule has 1 aromatic rings. The SMILES string of the molecule is CC(C)CSc1c(F)c(F)c(S(=O)(=O)O)c(F)c1F. The minimum Gasteiger partial charge on any atom is -0.282 e. The van der Waals surface area contributed by atoms with Crippen LogP contribution in [0.1, 0.15) is 13.8 Å². The normalized spacial score (nSPS) is 12.2. The van der Waals surface area contributed by atoms with Crippen molar-refractivity contribution in [2.24, 2.45) is 5.92 Å². The highest BCUT2D eigenvalue weighted by atomic mass is 32.2. The second kappa shape index (κ2) is 5.68. The first-order valence-corrected chi connectivity index (χ1v) is 7.46. The number of benzene rings is 1. The van der Waals surface area contributed by atoms with Crippen LogP contribution in [0.2, 0.25) is 0 Å². The Kier molecular flexibility index (Phi) is 4.86. The number of rotatable bonds is 4. The van der Waals surface area contributed by atoms with Crippen LogP contribution < -0.4 is 0 Å². The third-order valence-corrected chi connectivity index (χ3v) is 4.36. The smallest absolute Gasteiger partial charge is 0.282 e. The van der Waals surface area contributed by atoms with Crippen LogP contribution in [0.5, 0.6) is 0 Å². The van der Waals surface area contributed by atoms with E-state index in [9.17, 15) is 26.0 Å². The molecule has 19 heavy (non-hydrogen) atoms. The highest BCUT2D eigenvalue weighted by Gasteiger charge is 2.32. The summed E-state index contributed by atoms with van der Waals surface area (Å²) in [6.45, 7) is 3.45. The molecule has 0 aliphatic carbocycles. The molecule has 0 saturated heterocycles. The predicted octanol–water partition coefficient (Wildman–Crippen LogP) is 3.24. The van der Waals surface area contributed by atoms with E-state index in [2.05, 4.69) is 0 Å². The van der Waals surface area contributed by atoms with Gasteiger partial charge in [0.25, 0.3) is 0 Å². The van der Waals surface area contributed by atoms with E-state index in [1.165, 1.54) is 0 Å². The zero-order valence-corrected chi connectivity index (χ0v) is 11.5. The average molecular weight is 318 g/mol. The van der Waals surface area contributed by atoms with Crippen LogP contribution in [0.3, 0.4) is 0 Å². The minimum atomic E-state index is -5.40. The summed E-state index contributed by atoms with van der Waals surface area (Å²) in [4.78, 5) is -2.97. The lowest BCUT2D eigenvalue weighted by molar-refractivity contribution is 0.384. The Labute approximate surface area is 111 Å². The van der Waals surface area contributed by atoms with Gasteiger partial charge in [0, 0.05) is 5.75 Å². The van der Waals surface area contributed by atoms with E-state index in [0.717, 1.165) is 0 Å². The van der Waals surface area contributed by atoms with Gasteiger partial charge in [0.05, 0.1) is 4.90 Å². The standard InChI is InChI=1S/C10H10F4O3S2/c1-4(2)3-18-9-5(11)7(13)10(19(15,16)17)8(14)6(9)12/h4H,3H2,1-2H3,(H,15,16,17). The van der Waals surface area contributed by atoms with Gasteiger partial charge in [-0.1, -0.05) is 13.8 Å². The van der Waals surface area contributed by atoms with E-state index in [1.807, 2.05) is 0 Å². The molecule has 0 saturated carbocycles. The summed E-state index contributed by atoms with van der Waals surface area (Å²) in [6.07, 6.45) is 0. The Morgan fingerprint density at radius 1 is 1.05 bits per heavy atom. The van der Waals surface area contributed by atoms with Crippen LogP contribution in [0.4, 0.5) is 17.6 Å². The Morgan fingerprint density at radius 2 is 1.47 bits per heavy atom. The summed E-state index contributed by atoms with van der Waals surface area (Å²) >= 11 is 0.523. The van der Waals surface area contributed by atoms with Crippen molar-refractivity contribution in [3.05, 3.63) is 23.3 Å². The lowest BCUT2D eigenvalue weighted by Gasteiger charge is -2.10. The van der Waals surface area contributed by atoms with E-state index >= 15 is 0 Å². The van der Waals surface area contributed by atoms with E-state index in [0.29, 0.717) is 11.8 Å². The van der Waals surface area contributed by atoms with Crippen molar-refractivity contribution < 1.29 is 30.5 Å². The molecule has 0 fully saturated rings. The summed E-state index contributed by atoms with van der Waals surface area (Å²) in [6, 6.07) is 0. The summed E-state index contributed by atoms with van der Waals surface area (Å²) in [5.41, 5.74) is 0. The van der Waals surface area contributed by atoms with Crippen LogP contribution in [-0.4, -0.2) is 18.7 Å². The number of halogens is 4. The van der Waals surface area contributed by atoms with Gasteiger partial charge in [-0.05, 0) is 5.92 Å². The van der Waals surface area contributed by atoms with Gasteiger partial charge in [0.15, 0.2) is 28.2 Å². The van der Waals surface area contributed by atoms with Gasteiger partial charge in [-0.2, -0.15) is 8.42 Å². The van der Waals surface area contributed by atoms with Crippen LogP contribution in [0.15, 0.2) is 9.79 Å². The van der Waals surface area contributed by atoms with Crippen molar-refractivity contribution >= 4 is 21.9 Å². The topological polar surface area (TPSA) is 54.4 Å². The predicted molar refractivity (Wildman–Crippen MR) is 61.7 cm³/mol. The monoisotopic (exact) mass is 318 g/mol. The van der Waals surface area contributed by atoms with Crippen molar-refractivity contribution in [2.45, 2.75) is 23.6 Å². The molecule has 0 aliphatic heterocycles. The van der Waals surface area contributed by atoms with Gasteiger partial charge < -0.3 is 0 Å². The third kappa shape index (κ3) is 3.40. The maximum atomic E-state index is 13.5. The maximum Gasteiger partial charge on any atom is 0.300 e. The minimum absolute atomic E-state index is 0.00354. The number of thioether (sulfide) groups is 1. The van der Waals surface area contributed by atoms with Gasteiger partial charge in [-0.25, -0.2) is 17.6 Å². The first kappa shape index (κ1) is 16.3. The fraction of sp³-hybridized carbons (Fsp3) is 0.400. The highest BCUT2D eigenvalue weighted by Crippen LogP contribution is 2.34. The van der Waals surface area contributed by atoms with Crippen molar-refractivity contribution in [2.75, 3.05) is 5.75 Å². The molecule has 0 spiro atoms. The summed E-state index contributed by atoms with van der Waals surface area (Å²) < 4.78 is 83.7. The second-order valence-corrected chi connectivity index (χ2v) is 6.48. The van der Waals surface area contributed by atoms with Gasteiger partial charge in [0.1, 0.15) is 0 Å². The molecule has 0 heterocycles. The molecule has 0 aromatic heterocycles. The fourth-order valence-corrected chi connectivity index (χ4v) is 2.76. The highest BCUT2D eigenvalue weighted by molar-refractivity contribution is 7.99. The van der Waals surface area contributed by atoms with Crippen molar-refractivity contribution in [3.63, 3.8) is 0 Å². The van der Waals surface area contributed by atoms with Crippen LogP contribution >= 0.6 is 11.8 Å². The van der Waals surface area contributed by atoms with Crippen LogP contribution in [0.25, 0.3) is 0 Å². The summed E-state index contributed by atoms with van der Waals surface area (Å²) in [5, 5.41) is 0. The molecule has 0 radical (unpaired) electrons. The molecule has 1 N–H and O–H groups in total. The zero-order chi connectivity index (χ0) is 15.0. The van der Waals surface area contributed by atoms with Gasteiger partial charge in [-0.15, -0.1) is 11.8 Å². The molecule has 0 unspecified atom stereocenters. The lowest BCUT2D eigenvalue weighted by Crippen LogP contribution is -2.11. The molecular weight excluding hydrogens is 308 g/mol. The van der Waals surface area contributed by atoms with Crippen LogP contribution in [0, 0.1) is 29.2 Å². The molecule has 108 valence electrons. The first-order chi connectivity index (χ1) is 8.57. The second-order valence-electron chi connectivity index (χ2n) is 4.09. The van der Waals surface area contributed by atoms with E-state index in [4.69, 9.17) is 4.55 Å². The average Bonchev–Trinajstić information content (AvgIpc) is 2.24. The molecule has 0 atom stereocenters. The Balaban J connectivity index is 3.48. The quantitative estimate of drug-likeness (QED) is 0.401. The molecular formula is C10H10F4O3S2. The zero-order valence-electron chi connectivity index (χ0n) is 9.88. The van der Waals surface area contributed by atoms with Gasteiger partial charge >= 0.3 is 10.1 Å². The molecule has 0 bridgehead atoms. The molecule has 3 nitrogen and oxygen atoms in total. The molecule has 1 aromatic carbocycles. The van der Waals surface area contributed by atoms with Gasteiger partial charge in [-0.3, -0.25) is 4.55 Å². The molecule has 1 rings (SSSR count). The van der Waals surface area contributed by atoms with E-state index < -0.39 is 43.2 Å². The van der Waals surface area contributed by atoms with Crippen LogP contribution in [-0.2, 0) is 10.1 Å². The van der Waals surface area contributed by atoms with E-state index in [1.54, 1.807) is 13.8 Å². The third-order valence-electron chi connectivity index (χ3n) is 2.00. The summed E-state index contributed by atoms with van der Waals surface area (Å²) in [5.74, 6) is -7.76. The largest absolute Gasteiger partial charge is 0.300 e. The Morgan fingerprint density at radius 3 is 1.79 bits per heavy atom. The number of hydrogen-bond acceptors (Lipinski definition) is 3.